The van der Waals surface area contributed by atoms with Gasteiger partial charge in [0.1, 0.15) is 11.5 Å². The maximum Gasteiger partial charge on any atom is 0.275 e. The standard InChI is InChI=1S/C18H21FN4O2/c1-12-9-16(24)17(18(25)21-11-13-5-4-8-20-10-13)22-23(12)15-7-3-2-6-14(15)19/h2-3,6-7,9,13,20H,4-5,8,10-11H2,1H3,(H,21,25). The number of rotatable bonds is 4. The third kappa shape index (κ3) is 3.93. The van der Waals surface area contributed by atoms with Crippen LogP contribution >= 0.6 is 0 Å². The number of hydrogen-bond donors (Lipinski definition) is 2. The lowest BCUT2D eigenvalue weighted by Gasteiger charge is -2.22. The second kappa shape index (κ2) is 7.57. The molecule has 132 valence electrons. The lowest BCUT2D eigenvalue weighted by Crippen LogP contribution is -2.40. The van der Waals surface area contributed by atoms with Crippen LogP contribution in [0, 0.1) is 18.7 Å². The molecule has 1 aliphatic heterocycles. The minimum atomic E-state index is -0.527. The molecule has 1 unspecified atom stereocenters. The number of piperidine rings is 1. The third-order valence-corrected chi connectivity index (χ3v) is 4.35. The van der Waals surface area contributed by atoms with Crippen molar-refractivity contribution in [3.8, 4) is 5.69 Å². The highest BCUT2D eigenvalue weighted by Crippen LogP contribution is 2.13. The predicted octanol–water partition coefficient (Wildman–Crippen LogP) is 1.41. The molecular weight excluding hydrogens is 323 g/mol. The van der Waals surface area contributed by atoms with Crippen molar-refractivity contribution in [1.82, 2.24) is 20.4 Å². The summed E-state index contributed by atoms with van der Waals surface area (Å²) in [5.74, 6) is -0.654. The zero-order valence-corrected chi connectivity index (χ0v) is 14.1. The second-order valence-corrected chi connectivity index (χ2v) is 6.28. The van der Waals surface area contributed by atoms with E-state index in [1.807, 2.05) is 0 Å². The summed E-state index contributed by atoms with van der Waals surface area (Å²) in [6.07, 6.45) is 2.11. The van der Waals surface area contributed by atoms with E-state index < -0.39 is 17.2 Å². The smallest absolute Gasteiger partial charge is 0.275 e. The van der Waals surface area contributed by atoms with Crippen LogP contribution in [0.15, 0.2) is 35.1 Å². The number of aryl methyl sites for hydroxylation is 1. The molecule has 2 aromatic rings. The first-order valence-corrected chi connectivity index (χ1v) is 8.41. The second-order valence-electron chi connectivity index (χ2n) is 6.28. The van der Waals surface area contributed by atoms with Crippen molar-refractivity contribution < 1.29 is 9.18 Å². The van der Waals surface area contributed by atoms with Gasteiger partial charge in [-0.3, -0.25) is 9.59 Å². The van der Waals surface area contributed by atoms with Crippen molar-refractivity contribution in [1.29, 1.82) is 0 Å². The number of carbonyl (C=O) groups excluding carboxylic acids is 1. The van der Waals surface area contributed by atoms with E-state index in [2.05, 4.69) is 15.7 Å². The predicted molar refractivity (Wildman–Crippen MR) is 92.5 cm³/mol. The molecule has 1 aliphatic rings. The first-order valence-electron chi connectivity index (χ1n) is 8.41. The van der Waals surface area contributed by atoms with Crippen molar-refractivity contribution in [3.05, 3.63) is 57.8 Å². The molecule has 0 spiro atoms. The van der Waals surface area contributed by atoms with Crippen molar-refractivity contribution in [2.24, 2.45) is 5.92 Å². The Kier molecular flexibility index (Phi) is 5.23. The molecule has 1 fully saturated rings. The quantitative estimate of drug-likeness (QED) is 0.879. The highest BCUT2D eigenvalue weighted by Gasteiger charge is 2.19. The summed E-state index contributed by atoms with van der Waals surface area (Å²) < 4.78 is 15.3. The maximum absolute atomic E-state index is 14.0. The Morgan fingerprint density at radius 3 is 2.96 bits per heavy atom. The number of para-hydroxylation sites is 1. The summed E-state index contributed by atoms with van der Waals surface area (Å²) in [6, 6.07) is 7.41. The molecule has 1 aromatic heterocycles. The largest absolute Gasteiger partial charge is 0.350 e. The summed E-state index contributed by atoms with van der Waals surface area (Å²) >= 11 is 0. The molecule has 7 heteroatoms. The van der Waals surface area contributed by atoms with Gasteiger partial charge in [0.2, 0.25) is 5.43 Å². The number of nitrogens with one attached hydrogen (secondary N) is 2. The monoisotopic (exact) mass is 344 g/mol. The van der Waals surface area contributed by atoms with Crippen LogP contribution in [0.2, 0.25) is 0 Å². The minimum absolute atomic E-state index is 0.200. The summed E-state index contributed by atoms with van der Waals surface area (Å²) in [5, 5.41) is 10.2. The summed E-state index contributed by atoms with van der Waals surface area (Å²) in [6.45, 7) is 3.98. The Labute approximate surface area is 145 Å². The van der Waals surface area contributed by atoms with Crippen LogP contribution in [0.3, 0.4) is 0 Å². The number of carbonyl (C=O) groups is 1. The first-order chi connectivity index (χ1) is 12.1. The van der Waals surface area contributed by atoms with Crippen LogP contribution in [0.4, 0.5) is 4.39 Å². The molecule has 1 saturated heterocycles. The molecule has 0 saturated carbocycles. The van der Waals surface area contributed by atoms with E-state index in [0.717, 1.165) is 25.9 Å². The van der Waals surface area contributed by atoms with Gasteiger partial charge in [-0.05, 0) is 50.9 Å². The Balaban J connectivity index is 1.83. The number of halogens is 1. The number of amides is 1. The van der Waals surface area contributed by atoms with Gasteiger partial charge < -0.3 is 10.6 Å². The van der Waals surface area contributed by atoms with Gasteiger partial charge in [0.25, 0.3) is 5.91 Å². The molecule has 2 heterocycles. The average molecular weight is 344 g/mol. The molecular formula is C18H21FN4O2. The molecule has 1 amide bonds. The number of nitrogens with zero attached hydrogens (tertiary/aromatic N) is 2. The highest BCUT2D eigenvalue weighted by molar-refractivity contribution is 5.92. The Hall–Kier alpha value is -2.54. The van der Waals surface area contributed by atoms with Crippen LogP contribution < -0.4 is 16.1 Å². The topological polar surface area (TPSA) is 76.0 Å². The fourth-order valence-corrected chi connectivity index (χ4v) is 2.99. The van der Waals surface area contributed by atoms with E-state index in [4.69, 9.17) is 0 Å². The molecule has 2 N–H and O–H groups in total. The summed E-state index contributed by atoms with van der Waals surface area (Å²) in [4.78, 5) is 24.5. The first kappa shape index (κ1) is 17.3. The van der Waals surface area contributed by atoms with Gasteiger partial charge in [-0.2, -0.15) is 5.10 Å². The number of benzene rings is 1. The molecule has 25 heavy (non-hydrogen) atoms. The maximum atomic E-state index is 14.0. The van der Waals surface area contributed by atoms with Crippen molar-refractivity contribution in [3.63, 3.8) is 0 Å². The van der Waals surface area contributed by atoms with E-state index in [-0.39, 0.29) is 11.4 Å². The van der Waals surface area contributed by atoms with Crippen LogP contribution in [-0.4, -0.2) is 35.3 Å². The molecule has 3 rings (SSSR count). The molecule has 0 bridgehead atoms. The van der Waals surface area contributed by atoms with Crippen molar-refractivity contribution in [2.75, 3.05) is 19.6 Å². The van der Waals surface area contributed by atoms with Crippen LogP contribution in [0.5, 0.6) is 0 Å². The molecule has 0 radical (unpaired) electrons. The van der Waals surface area contributed by atoms with E-state index in [0.29, 0.717) is 18.2 Å². The fraction of sp³-hybridized carbons (Fsp3) is 0.389. The Bertz CT molecular complexity index is 828. The zero-order valence-electron chi connectivity index (χ0n) is 14.1. The highest BCUT2D eigenvalue weighted by atomic mass is 19.1. The van der Waals surface area contributed by atoms with Crippen molar-refractivity contribution in [2.45, 2.75) is 19.8 Å². The van der Waals surface area contributed by atoms with E-state index in [1.165, 1.54) is 16.8 Å². The zero-order chi connectivity index (χ0) is 17.8. The van der Waals surface area contributed by atoms with E-state index >= 15 is 0 Å². The van der Waals surface area contributed by atoms with Gasteiger partial charge in [0, 0.05) is 18.3 Å². The summed E-state index contributed by atoms with van der Waals surface area (Å²) in [5.41, 5.74) is -0.0318. The summed E-state index contributed by atoms with van der Waals surface area (Å²) in [7, 11) is 0. The van der Waals surface area contributed by atoms with E-state index in [9.17, 15) is 14.0 Å². The van der Waals surface area contributed by atoms with Crippen LogP contribution in [0.25, 0.3) is 5.69 Å². The average Bonchev–Trinajstić information content (AvgIpc) is 2.61. The van der Waals surface area contributed by atoms with Crippen LogP contribution in [-0.2, 0) is 0 Å². The Morgan fingerprint density at radius 1 is 1.44 bits per heavy atom. The van der Waals surface area contributed by atoms with Gasteiger partial charge in [-0.1, -0.05) is 12.1 Å². The van der Waals surface area contributed by atoms with Crippen LogP contribution in [0.1, 0.15) is 29.0 Å². The van der Waals surface area contributed by atoms with Crippen molar-refractivity contribution >= 4 is 5.91 Å². The van der Waals surface area contributed by atoms with Gasteiger partial charge >= 0.3 is 0 Å². The molecule has 1 atom stereocenters. The van der Waals surface area contributed by atoms with E-state index in [1.54, 1.807) is 25.1 Å². The normalized spacial score (nSPS) is 17.3. The van der Waals surface area contributed by atoms with Gasteiger partial charge in [-0.25, -0.2) is 9.07 Å². The van der Waals surface area contributed by atoms with Gasteiger partial charge in [0.15, 0.2) is 5.69 Å². The lowest BCUT2D eigenvalue weighted by atomic mass is 10.00. The molecule has 0 aliphatic carbocycles. The Morgan fingerprint density at radius 2 is 2.24 bits per heavy atom. The fourth-order valence-electron chi connectivity index (χ4n) is 2.99. The minimum Gasteiger partial charge on any atom is -0.350 e. The SMILES string of the molecule is Cc1cc(=O)c(C(=O)NCC2CCCNC2)nn1-c1ccccc1F. The van der Waals surface area contributed by atoms with Gasteiger partial charge in [0.05, 0.1) is 0 Å². The number of hydrogen-bond acceptors (Lipinski definition) is 4. The lowest BCUT2D eigenvalue weighted by molar-refractivity contribution is 0.0937. The molecule has 1 aromatic carbocycles. The van der Waals surface area contributed by atoms with Gasteiger partial charge in [-0.15, -0.1) is 0 Å². The number of aromatic nitrogens is 2. The third-order valence-electron chi connectivity index (χ3n) is 4.35. The molecule has 6 nitrogen and oxygen atoms in total.